The molecule has 0 fully saturated rings. The summed E-state index contributed by atoms with van der Waals surface area (Å²) in [5.41, 5.74) is -0.0480. The van der Waals surface area contributed by atoms with Crippen LogP contribution in [-0.2, 0) is 0 Å². The Bertz CT molecular complexity index is 371. The van der Waals surface area contributed by atoms with Crippen LogP contribution in [0.4, 0.5) is 0 Å². The van der Waals surface area contributed by atoms with Gasteiger partial charge in [0.25, 0.3) is 0 Å². The Morgan fingerprint density at radius 2 is 1.93 bits per heavy atom. The molecule has 1 rings (SSSR count). The largest absolute Gasteiger partial charge is 0.478 e. The number of Topliss-reactive ketones (excluding diaryl/α,β-unsaturated/α-hetero) is 1. The summed E-state index contributed by atoms with van der Waals surface area (Å²) < 4.78 is 0. The second-order valence-corrected chi connectivity index (χ2v) is 4.19. The van der Waals surface area contributed by atoms with Crippen LogP contribution in [-0.4, -0.2) is 21.8 Å². The zero-order valence-electron chi connectivity index (χ0n) is 8.42. The van der Waals surface area contributed by atoms with Crippen molar-refractivity contribution >= 4 is 11.8 Å². The molecule has 0 aliphatic rings. The number of carboxylic acid groups (broad SMARTS) is 1. The van der Waals surface area contributed by atoms with Crippen molar-refractivity contribution in [2.75, 3.05) is 0 Å². The summed E-state index contributed by atoms with van der Waals surface area (Å²) in [5, 5.41) is 8.65. The second-order valence-electron chi connectivity index (χ2n) is 4.19. The number of carbonyl (C=O) groups excluding carboxylic acids is 1. The molecular weight excluding hydrogens is 182 g/mol. The molecule has 0 bridgehead atoms. The molecule has 1 aromatic rings. The first-order valence-electron chi connectivity index (χ1n) is 4.29. The summed E-state index contributed by atoms with van der Waals surface area (Å²) >= 11 is 0. The Labute approximate surface area is 81.9 Å². The molecule has 14 heavy (non-hydrogen) atoms. The SMILES string of the molecule is CC(C)(C)C(=O)c1cc(C(=O)O)c[nH]1. The topological polar surface area (TPSA) is 70.2 Å². The molecule has 0 aliphatic carbocycles. The van der Waals surface area contributed by atoms with Crippen LogP contribution in [0.2, 0.25) is 0 Å². The number of H-pyrrole nitrogens is 1. The van der Waals surface area contributed by atoms with Crippen LogP contribution in [0.15, 0.2) is 12.3 Å². The molecule has 0 unspecified atom stereocenters. The van der Waals surface area contributed by atoms with Gasteiger partial charge in [0, 0.05) is 11.6 Å². The van der Waals surface area contributed by atoms with E-state index in [1.807, 2.05) is 0 Å². The number of nitrogens with one attached hydrogen (secondary N) is 1. The predicted octanol–water partition coefficient (Wildman–Crippen LogP) is 1.94. The fourth-order valence-corrected chi connectivity index (χ4v) is 1.05. The van der Waals surface area contributed by atoms with E-state index < -0.39 is 11.4 Å². The standard InChI is InChI=1S/C10H13NO3/c1-10(2,3)8(12)7-4-6(5-11-7)9(13)14/h4-5,11H,1-3H3,(H,13,14). The van der Waals surface area contributed by atoms with Gasteiger partial charge in [-0.3, -0.25) is 4.79 Å². The summed E-state index contributed by atoms with van der Waals surface area (Å²) in [7, 11) is 0. The summed E-state index contributed by atoms with van der Waals surface area (Å²) in [5.74, 6) is -1.13. The van der Waals surface area contributed by atoms with Gasteiger partial charge in [-0.05, 0) is 6.07 Å². The van der Waals surface area contributed by atoms with Crippen LogP contribution in [0.3, 0.4) is 0 Å². The Morgan fingerprint density at radius 3 is 2.29 bits per heavy atom. The van der Waals surface area contributed by atoms with E-state index in [1.54, 1.807) is 20.8 Å². The van der Waals surface area contributed by atoms with Gasteiger partial charge in [-0.1, -0.05) is 20.8 Å². The van der Waals surface area contributed by atoms with Gasteiger partial charge in [0.1, 0.15) is 0 Å². The summed E-state index contributed by atoms with van der Waals surface area (Å²) in [6.07, 6.45) is 1.32. The minimum absolute atomic E-state index is 0.0926. The van der Waals surface area contributed by atoms with Crippen molar-refractivity contribution in [2.24, 2.45) is 5.41 Å². The van der Waals surface area contributed by atoms with Crippen LogP contribution in [0.25, 0.3) is 0 Å². The molecule has 76 valence electrons. The molecule has 2 N–H and O–H groups in total. The van der Waals surface area contributed by atoms with E-state index >= 15 is 0 Å². The Hall–Kier alpha value is -1.58. The first-order valence-corrected chi connectivity index (χ1v) is 4.29. The quantitative estimate of drug-likeness (QED) is 0.708. The van der Waals surface area contributed by atoms with Gasteiger partial charge in [0.2, 0.25) is 0 Å². The van der Waals surface area contributed by atoms with Crippen molar-refractivity contribution < 1.29 is 14.7 Å². The Kier molecular flexibility index (Phi) is 2.47. The minimum atomic E-state index is -1.03. The summed E-state index contributed by atoms with van der Waals surface area (Å²) in [6, 6.07) is 1.36. The van der Waals surface area contributed by atoms with Gasteiger partial charge in [-0.15, -0.1) is 0 Å². The van der Waals surface area contributed by atoms with Crippen LogP contribution in [0.5, 0.6) is 0 Å². The molecule has 1 heterocycles. The molecule has 0 atom stereocenters. The fraction of sp³-hybridized carbons (Fsp3) is 0.400. The van der Waals surface area contributed by atoms with Crippen LogP contribution < -0.4 is 0 Å². The van der Waals surface area contributed by atoms with Crippen molar-refractivity contribution in [1.29, 1.82) is 0 Å². The Balaban J connectivity index is 2.99. The van der Waals surface area contributed by atoms with Crippen LogP contribution in [0.1, 0.15) is 41.6 Å². The van der Waals surface area contributed by atoms with Crippen LogP contribution in [0, 0.1) is 5.41 Å². The average molecular weight is 195 g/mol. The summed E-state index contributed by atoms with van der Waals surface area (Å²) in [4.78, 5) is 24.9. The van der Waals surface area contributed by atoms with E-state index in [-0.39, 0.29) is 11.3 Å². The van der Waals surface area contributed by atoms with Gasteiger partial charge >= 0.3 is 5.97 Å². The zero-order valence-corrected chi connectivity index (χ0v) is 8.42. The van der Waals surface area contributed by atoms with Crippen LogP contribution >= 0.6 is 0 Å². The average Bonchev–Trinajstić information content (AvgIpc) is 2.48. The maximum atomic E-state index is 11.7. The highest BCUT2D eigenvalue weighted by Gasteiger charge is 2.24. The molecule has 4 nitrogen and oxygen atoms in total. The molecule has 0 aliphatic heterocycles. The normalized spacial score (nSPS) is 11.4. The minimum Gasteiger partial charge on any atom is -0.478 e. The molecule has 0 radical (unpaired) electrons. The number of aromatic nitrogens is 1. The fourth-order valence-electron chi connectivity index (χ4n) is 1.05. The molecule has 0 aromatic carbocycles. The number of carbonyl (C=O) groups is 2. The smallest absolute Gasteiger partial charge is 0.337 e. The molecule has 0 spiro atoms. The number of rotatable bonds is 2. The highest BCUT2D eigenvalue weighted by Crippen LogP contribution is 2.20. The first-order chi connectivity index (χ1) is 6.32. The predicted molar refractivity (Wildman–Crippen MR) is 51.5 cm³/mol. The highest BCUT2D eigenvalue weighted by molar-refractivity contribution is 6.00. The molecule has 1 aromatic heterocycles. The third-order valence-corrected chi connectivity index (χ3v) is 1.86. The van der Waals surface area contributed by atoms with Crippen molar-refractivity contribution in [3.8, 4) is 0 Å². The molecule has 0 saturated heterocycles. The van der Waals surface area contributed by atoms with E-state index in [9.17, 15) is 9.59 Å². The first kappa shape index (κ1) is 10.5. The van der Waals surface area contributed by atoms with E-state index in [0.29, 0.717) is 5.69 Å². The van der Waals surface area contributed by atoms with E-state index in [0.717, 1.165) is 0 Å². The van der Waals surface area contributed by atoms with Crippen molar-refractivity contribution in [2.45, 2.75) is 20.8 Å². The lowest BCUT2D eigenvalue weighted by Gasteiger charge is -2.14. The van der Waals surface area contributed by atoms with Gasteiger partial charge in [-0.25, -0.2) is 4.79 Å². The third kappa shape index (κ3) is 2.02. The van der Waals surface area contributed by atoms with Gasteiger partial charge in [0.15, 0.2) is 5.78 Å². The van der Waals surface area contributed by atoms with Crippen molar-refractivity contribution in [3.05, 3.63) is 23.5 Å². The molecular formula is C10H13NO3. The van der Waals surface area contributed by atoms with Crippen molar-refractivity contribution in [3.63, 3.8) is 0 Å². The third-order valence-electron chi connectivity index (χ3n) is 1.86. The van der Waals surface area contributed by atoms with Crippen molar-refractivity contribution in [1.82, 2.24) is 4.98 Å². The van der Waals surface area contributed by atoms with E-state index in [1.165, 1.54) is 12.3 Å². The number of aromatic carboxylic acids is 1. The second kappa shape index (κ2) is 3.29. The monoisotopic (exact) mass is 195 g/mol. The number of ketones is 1. The number of aromatic amines is 1. The highest BCUT2D eigenvalue weighted by atomic mass is 16.4. The maximum absolute atomic E-state index is 11.7. The molecule has 0 saturated carbocycles. The summed E-state index contributed by atoms with van der Waals surface area (Å²) in [6.45, 7) is 5.36. The van der Waals surface area contributed by atoms with Gasteiger partial charge < -0.3 is 10.1 Å². The van der Waals surface area contributed by atoms with E-state index in [2.05, 4.69) is 4.98 Å². The number of hydrogen-bond acceptors (Lipinski definition) is 2. The van der Waals surface area contributed by atoms with Gasteiger partial charge in [-0.2, -0.15) is 0 Å². The van der Waals surface area contributed by atoms with E-state index in [4.69, 9.17) is 5.11 Å². The lowest BCUT2D eigenvalue weighted by molar-refractivity contribution is 0.0697. The molecule has 4 heteroatoms. The Morgan fingerprint density at radius 1 is 1.36 bits per heavy atom. The zero-order chi connectivity index (χ0) is 10.9. The maximum Gasteiger partial charge on any atom is 0.337 e. The lowest BCUT2D eigenvalue weighted by atomic mass is 9.89. The number of carboxylic acids is 1. The van der Waals surface area contributed by atoms with Gasteiger partial charge in [0.05, 0.1) is 11.3 Å². The number of hydrogen-bond donors (Lipinski definition) is 2. The molecule has 0 amide bonds. The lowest BCUT2D eigenvalue weighted by Crippen LogP contribution is -2.20.